The van der Waals surface area contributed by atoms with E-state index in [4.69, 9.17) is 14.2 Å². The van der Waals surface area contributed by atoms with Gasteiger partial charge in [-0.05, 0) is 49.4 Å². The maximum atomic E-state index is 14.0. The maximum absolute atomic E-state index is 14.0. The topological polar surface area (TPSA) is 113 Å². The molecule has 5 rings (SSSR count). The van der Waals surface area contributed by atoms with Crippen LogP contribution in [0, 0.1) is 5.92 Å². The number of anilines is 1. The van der Waals surface area contributed by atoms with Crippen LogP contribution in [0.25, 0.3) is 0 Å². The average Bonchev–Trinajstić information content (AvgIpc) is 3.72. The van der Waals surface area contributed by atoms with Gasteiger partial charge in [-0.1, -0.05) is 13.3 Å². The number of hydrogen-bond donors (Lipinski definition) is 1. The largest absolute Gasteiger partial charge is 0.493 e. The number of aromatic nitrogens is 1. The number of likely N-dealkylation sites (tertiary alicyclic amines) is 2. The van der Waals surface area contributed by atoms with Gasteiger partial charge in [0.15, 0.2) is 23.9 Å². The molecular weight excluding hydrogens is 552 g/mol. The van der Waals surface area contributed by atoms with E-state index < -0.39 is 17.8 Å². The zero-order chi connectivity index (χ0) is 30.5. The van der Waals surface area contributed by atoms with Gasteiger partial charge in [0.25, 0.3) is 0 Å². The van der Waals surface area contributed by atoms with Gasteiger partial charge in [-0.15, -0.1) is 0 Å². The minimum absolute atomic E-state index is 0.0626. The number of carboxylic acid groups (broad SMARTS) is 1. The number of benzene rings is 1. The van der Waals surface area contributed by atoms with Gasteiger partial charge in [0.2, 0.25) is 24.4 Å². The fraction of sp³-hybridized carbons (Fsp3) is 0.562. The molecule has 1 N–H and O–H groups in total. The van der Waals surface area contributed by atoms with Crippen LogP contribution in [0.1, 0.15) is 56.9 Å². The Hall–Kier alpha value is -3.86. The Morgan fingerprint density at radius 1 is 1.23 bits per heavy atom. The Kier molecular flexibility index (Phi) is 9.69. The van der Waals surface area contributed by atoms with Crippen LogP contribution in [0.2, 0.25) is 0 Å². The summed E-state index contributed by atoms with van der Waals surface area (Å²) < 4.78 is 18.7. The number of aryl methyl sites for hydroxylation is 1. The van der Waals surface area contributed by atoms with Crippen LogP contribution in [0.5, 0.6) is 17.2 Å². The van der Waals surface area contributed by atoms with E-state index in [9.17, 15) is 19.5 Å². The summed E-state index contributed by atoms with van der Waals surface area (Å²) in [5.74, 6) is -0.435. The highest BCUT2D eigenvalue weighted by Crippen LogP contribution is 2.47. The molecule has 4 heterocycles. The number of carbonyl (C=O) groups excluding carboxylic acids is 2. The smallest absolute Gasteiger partial charge is 0.308 e. The standard InChI is InChI=1S/C32H42N4O7/c1-4-5-15-36(23-9-6-12-33(2)18-23)29(38)20-35-19-24(22-16-26(41-3)31-27(17-22)42-21-43-31)30(32(39)40)25(35)10-7-13-34-14-8-11-28(34)37/h6,9,12,16-18,24-25,30H,4-5,7-8,10-11,13-15,19-21H2,1-3H3/p+1/t24-,25+,30?/m1/s1. The molecule has 3 aliphatic rings. The first kappa shape index (κ1) is 30.6. The molecule has 0 aliphatic carbocycles. The highest BCUT2D eigenvalue weighted by atomic mass is 16.7. The lowest BCUT2D eigenvalue weighted by Gasteiger charge is -2.30. The summed E-state index contributed by atoms with van der Waals surface area (Å²) in [6.07, 6.45) is 8.31. The van der Waals surface area contributed by atoms with E-state index >= 15 is 0 Å². The molecule has 232 valence electrons. The number of methoxy groups -OCH3 is 1. The summed E-state index contributed by atoms with van der Waals surface area (Å²) >= 11 is 0. The zero-order valence-electron chi connectivity index (χ0n) is 25.4. The third kappa shape index (κ3) is 6.71. The first-order valence-electron chi connectivity index (χ1n) is 15.3. The van der Waals surface area contributed by atoms with E-state index in [1.165, 1.54) is 0 Å². The molecule has 0 spiro atoms. The Bertz CT molecular complexity index is 1330. The summed E-state index contributed by atoms with van der Waals surface area (Å²) in [7, 11) is 3.47. The number of ether oxygens (including phenoxy) is 3. The van der Waals surface area contributed by atoms with Crippen molar-refractivity contribution >= 4 is 23.5 Å². The summed E-state index contributed by atoms with van der Waals surface area (Å²) in [5.41, 5.74) is 1.60. The number of amides is 2. The van der Waals surface area contributed by atoms with Crippen LogP contribution in [0.3, 0.4) is 0 Å². The molecule has 11 nitrogen and oxygen atoms in total. The second-order valence-corrected chi connectivity index (χ2v) is 11.7. The van der Waals surface area contributed by atoms with Crippen LogP contribution < -0.4 is 23.7 Å². The molecule has 2 aromatic rings. The molecule has 2 amide bonds. The van der Waals surface area contributed by atoms with Crippen LogP contribution in [-0.4, -0.2) is 85.4 Å². The molecule has 3 aliphatic heterocycles. The number of carbonyl (C=O) groups is 3. The first-order chi connectivity index (χ1) is 20.8. The molecule has 0 bridgehead atoms. The Morgan fingerprint density at radius 2 is 2.07 bits per heavy atom. The summed E-state index contributed by atoms with van der Waals surface area (Å²) in [5, 5.41) is 10.6. The molecule has 1 aromatic heterocycles. The van der Waals surface area contributed by atoms with Crippen molar-refractivity contribution in [3.8, 4) is 17.2 Å². The molecule has 1 unspecified atom stereocenters. The summed E-state index contributed by atoms with van der Waals surface area (Å²) in [6.45, 7) is 4.58. The van der Waals surface area contributed by atoms with Gasteiger partial charge >= 0.3 is 5.97 Å². The summed E-state index contributed by atoms with van der Waals surface area (Å²) in [6, 6.07) is 7.14. The number of nitrogens with zero attached hydrogens (tertiary/aromatic N) is 4. The van der Waals surface area contributed by atoms with Gasteiger partial charge in [-0.25, -0.2) is 4.57 Å². The maximum Gasteiger partial charge on any atom is 0.308 e. The number of carboxylic acids is 1. The van der Waals surface area contributed by atoms with Crippen molar-refractivity contribution in [2.45, 2.75) is 57.4 Å². The van der Waals surface area contributed by atoms with Gasteiger partial charge < -0.3 is 29.1 Å². The number of rotatable bonds is 13. The molecule has 3 atom stereocenters. The fourth-order valence-electron chi connectivity index (χ4n) is 6.69. The molecule has 1 aromatic carbocycles. The number of pyridine rings is 1. The van der Waals surface area contributed by atoms with Crippen molar-refractivity contribution in [3.05, 3.63) is 42.2 Å². The molecule has 2 fully saturated rings. The van der Waals surface area contributed by atoms with E-state index in [-0.39, 0.29) is 31.2 Å². The molecule has 0 saturated carbocycles. The predicted molar refractivity (Wildman–Crippen MR) is 158 cm³/mol. The summed E-state index contributed by atoms with van der Waals surface area (Å²) in [4.78, 5) is 44.9. The van der Waals surface area contributed by atoms with E-state index in [2.05, 4.69) is 6.92 Å². The van der Waals surface area contributed by atoms with Gasteiger partial charge in [0.1, 0.15) is 12.7 Å². The van der Waals surface area contributed by atoms with E-state index in [0.29, 0.717) is 56.1 Å². The van der Waals surface area contributed by atoms with Crippen LogP contribution in [-0.2, 0) is 21.4 Å². The zero-order valence-corrected chi connectivity index (χ0v) is 25.4. The van der Waals surface area contributed by atoms with Gasteiger partial charge in [-0.3, -0.25) is 19.3 Å². The molecule has 0 radical (unpaired) electrons. The Labute approximate surface area is 252 Å². The Morgan fingerprint density at radius 3 is 2.77 bits per heavy atom. The van der Waals surface area contributed by atoms with Crippen molar-refractivity contribution in [2.24, 2.45) is 13.0 Å². The quantitative estimate of drug-likeness (QED) is 0.352. The minimum atomic E-state index is -0.906. The predicted octanol–water partition coefficient (Wildman–Crippen LogP) is 2.95. The van der Waals surface area contributed by atoms with Crippen molar-refractivity contribution in [2.75, 3.05) is 51.5 Å². The van der Waals surface area contributed by atoms with E-state index in [1.807, 2.05) is 63.0 Å². The Balaban J connectivity index is 1.43. The lowest BCUT2D eigenvalue weighted by molar-refractivity contribution is -0.670. The number of unbranched alkanes of at least 4 members (excludes halogenated alkanes) is 1. The normalized spacial score (nSPS) is 21.4. The van der Waals surface area contributed by atoms with Crippen LogP contribution in [0.15, 0.2) is 36.7 Å². The monoisotopic (exact) mass is 595 g/mol. The lowest BCUT2D eigenvalue weighted by Crippen LogP contribution is -2.45. The fourth-order valence-corrected chi connectivity index (χ4v) is 6.69. The third-order valence-electron chi connectivity index (χ3n) is 8.85. The van der Waals surface area contributed by atoms with Crippen LogP contribution in [0.4, 0.5) is 5.69 Å². The molecule has 2 saturated heterocycles. The van der Waals surface area contributed by atoms with Crippen molar-refractivity contribution < 1.29 is 38.3 Å². The second-order valence-electron chi connectivity index (χ2n) is 11.7. The van der Waals surface area contributed by atoms with Crippen molar-refractivity contribution in [1.29, 1.82) is 0 Å². The molecule has 11 heteroatoms. The van der Waals surface area contributed by atoms with E-state index in [1.54, 1.807) is 7.11 Å². The number of fused-ring (bicyclic) bond motifs is 1. The average molecular weight is 596 g/mol. The van der Waals surface area contributed by atoms with Crippen molar-refractivity contribution in [3.63, 3.8) is 0 Å². The molecular formula is C32H43N4O7+. The van der Waals surface area contributed by atoms with Gasteiger partial charge in [0.05, 0.1) is 19.6 Å². The second kappa shape index (κ2) is 13.6. The lowest BCUT2D eigenvalue weighted by atomic mass is 9.83. The van der Waals surface area contributed by atoms with Crippen LogP contribution >= 0.6 is 0 Å². The number of aliphatic carboxylic acids is 1. The third-order valence-corrected chi connectivity index (χ3v) is 8.85. The SMILES string of the molecule is CCCCN(C(=O)CN1C[C@H](c2cc(OC)c3c(c2)OCO3)C(C(=O)O)[C@@H]1CCCN1CCCC1=O)c1ccc[n+](C)c1. The number of hydrogen-bond acceptors (Lipinski definition) is 7. The van der Waals surface area contributed by atoms with Crippen molar-refractivity contribution in [1.82, 2.24) is 9.80 Å². The highest BCUT2D eigenvalue weighted by molar-refractivity contribution is 5.94. The minimum Gasteiger partial charge on any atom is -0.493 e. The van der Waals surface area contributed by atoms with E-state index in [0.717, 1.165) is 37.1 Å². The highest BCUT2D eigenvalue weighted by Gasteiger charge is 2.47. The first-order valence-corrected chi connectivity index (χ1v) is 15.3. The van der Waals surface area contributed by atoms with Gasteiger partial charge in [-0.2, -0.15) is 0 Å². The van der Waals surface area contributed by atoms with Gasteiger partial charge in [0, 0.05) is 50.6 Å². The molecule has 43 heavy (non-hydrogen) atoms.